The van der Waals surface area contributed by atoms with Crippen LogP contribution in [0, 0.1) is 17.5 Å². The molecule has 2 N–H and O–H groups in total. The monoisotopic (exact) mass is 447 g/mol. The third-order valence-electron chi connectivity index (χ3n) is 3.76. The summed E-state index contributed by atoms with van der Waals surface area (Å²) in [7, 11) is -4.25. The Balaban J connectivity index is 1.88. The van der Waals surface area contributed by atoms with E-state index in [0.717, 1.165) is 41.7 Å². The van der Waals surface area contributed by atoms with Crippen molar-refractivity contribution in [3.63, 3.8) is 0 Å². The van der Waals surface area contributed by atoms with E-state index in [1.54, 1.807) is 5.38 Å². The van der Waals surface area contributed by atoms with Crippen LogP contribution in [0.15, 0.2) is 46.8 Å². The predicted octanol–water partition coefficient (Wildman–Crippen LogP) is 5.19. The minimum absolute atomic E-state index is 0.0126. The van der Waals surface area contributed by atoms with Crippen molar-refractivity contribution in [3.05, 3.63) is 69.9 Å². The number of rotatable bonds is 6. The molecule has 0 spiro atoms. The van der Waals surface area contributed by atoms with Gasteiger partial charge >= 0.3 is 0 Å². The Kier molecular flexibility index (Phi) is 5.82. The van der Waals surface area contributed by atoms with Crippen LogP contribution in [0.3, 0.4) is 0 Å². The molecule has 1 atom stereocenters. The summed E-state index contributed by atoms with van der Waals surface area (Å²) in [4.78, 5) is 3.12. The van der Waals surface area contributed by atoms with Crippen molar-refractivity contribution in [2.45, 2.75) is 17.9 Å². The minimum atomic E-state index is -4.25. The lowest BCUT2D eigenvalue weighted by molar-refractivity contribution is 0.569. The summed E-state index contributed by atoms with van der Waals surface area (Å²) in [6.45, 7) is 1.53. The largest absolute Gasteiger partial charge is 0.377 e. The fraction of sp³-hybridized carbons (Fsp3) is 0.118. The molecule has 148 valence electrons. The van der Waals surface area contributed by atoms with Crippen molar-refractivity contribution in [3.8, 4) is 0 Å². The topological polar surface area (TPSA) is 71.1 Å². The average molecular weight is 448 g/mol. The second-order valence-corrected chi connectivity index (χ2v) is 8.69. The van der Waals surface area contributed by atoms with E-state index in [-0.39, 0.29) is 21.4 Å². The molecule has 3 aromatic rings. The number of nitrogens with one attached hydrogen (secondary N) is 2. The third-order valence-corrected chi connectivity index (χ3v) is 6.25. The van der Waals surface area contributed by atoms with Gasteiger partial charge in [-0.25, -0.2) is 26.6 Å². The SMILES string of the molecule is CC(Nc1cc(F)c(S(=O)(=O)Nc2nccs2)cc1Cl)c1cc(F)ccc1F. The molecule has 0 bridgehead atoms. The number of hydrogen-bond acceptors (Lipinski definition) is 5. The molecule has 0 amide bonds. The second-order valence-electron chi connectivity index (χ2n) is 5.74. The quantitative estimate of drug-likeness (QED) is 0.545. The molecule has 1 heterocycles. The standard InChI is InChI=1S/C17H13ClF3N3O2S2/c1-9(11-6-10(19)2-3-13(11)20)23-15-8-14(21)16(7-12(15)18)28(25,26)24-17-22-4-5-27-17/h2-9,23H,1H3,(H,22,24). The zero-order valence-electron chi connectivity index (χ0n) is 14.2. The Hall–Kier alpha value is -2.30. The highest BCUT2D eigenvalue weighted by atomic mass is 35.5. The first-order valence-corrected chi connectivity index (χ1v) is 10.5. The summed E-state index contributed by atoms with van der Waals surface area (Å²) in [6, 6.07) is 4.02. The second kappa shape index (κ2) is 7.98. The molecule has 0 saturated heterocycles. The normalized spacial score (nSPS) is 12.6. The first-order chi connectivity index (χ1) is 13.2. The van der Waals surface area contributed by atoms with Crippen LogP contribution >= 0.6 is 22.9 Å². The fourth-order valence-corrected chi connectivity index (χ4v) is 4.60. The number of anilines is 2. The van der Waals surface area contributed by atoms with E-state index in [4.69, 9.17) is 11.6 Å². The van der Waals surface area contributed by atoms with Gasteiger partial charge in [0.05, 0.1) is 16.8 Å². The van der Waals surface area contributed by atoms with Crippen molar-refractivity contribution in [1.29, 1.82) is 0 Å². The molecule has 1 aromatic heterocycles. The van der Waals surface area contributed by atoms with Gasteiger partial charge in [0.1, 0.15) is 22.3 Å². The molecule has 28 heavy (non-hydrogen) atoms. The summed E-state index contributed by atoms with van der Waals surface area (Å²) in [5.41, 5.74) is 0.0436. The molecular formula is C17H13ClF3N3O2S2. The molecule has 0 aliphatic rings. The van der Waals surface area contributed by atoms with Gasteiger partial charge in [0.15, 0.2) is 5.13 Å². The molecule has 2 aromatic carbocycles. The van der Waals surface area contributed by atoms with Crippen molar-refractivity contribution in [2.75, 3.05) is 10.0 Å². The molecule has 11 heteroatoms. The molecule has 0 aliphatic carbocycles. The van der Waals surface area contributed by atoms with Crippen LogP contribution in [0.2, 0.25) is 5.02 Å². The van der Waals surface area contributed by atoms with Gasteiger partial charge in [-0.15, -0.1) is 11.3 Å². The maximum Gasteiger partial charge on any atom is 0.266 e. The van der Waals surface area contributed by atoms with Crippen LogP contribution in [-0.2, 0) is 10.0 Å². The average Bonchev–Trinajstić information content (AvgIpc) is 3.11. The molecule has 5 nitrogen and oxygen atoms in total. The number of nitrogens with zero attached hydrogens (tertiary/aromatic N) is 1. The van der Waals surface area contributed by atoms with Gasteiger partial charge in [0.2, 0.25) is 0 Å². The van der Waals surface area contributed by atoms with Crippen LogP contribution in [0.1, 0.15) is 18.5 Å². The van der Waals surface area contributed by atoms with Crippen LogP contribution in [-0.4, -0.2) is 13.4 Å². The van der Waals surface area contributed by atoms with E-state index in [9.17, 15) is 21.6 Å². The molecule has 0 fully saturated rings. The van der Waals surface area contributed by atoms with E-state index < -0.39 is 38.4 Å². The molecule has 0 aliphatic heterocycles. The zero-order chi connectivity index (χ0) is 20.5. The van der Waals surface area contributed by atoms with Gasteiger partial charge in [-0.1, -0.05) is 11.6 Å². The number of benzene rings is 2. The number of thiazole rings is 1. The Labute approximate surface area is 168 Å². The molecule has 0 radical (unpaired) electrons. The van der Waals surface area contributed by atoms with Crippen LogP contribution < -0.4 is 10.0 Å². The van der Waals surface area contributed by atoms with Crippen molar-refractivity contribution in [2.24, 2.45) is 0 Å². The molecule has 0 saturated carbocycles. The maximum absolute atomic E-state index is 14.5. The van der Waals surface area contributed by atoms with Gasteiger partial charge in [-0.3, -0.25) is 4.72 Å². The van der Waals surface area contributed by atoms with Crippen molar-refractivity contribution < 1.29 is 21.6 Å². The summed E-state index contributed by atoms with van der Waals surface area (Å²) >= 11 is 7.12. The van der Waals surface area contributed by atoms with E-state index in [1.807, 2.05) is 0 Å². The van der Waals surface area contributed by atoms with Gasteiger partial charge in [-0.05, 0) is 37.3 Å². The summed E-state index contributed by atoms with van der Waals surface area (Å²) < 4.78 is 68.6. The Bertz CT molecular complexity index is 1110. The Morgan fingerprint density at radius 3 is 2.57 bits per heavy atom. The van der Waals surface area contributed by atoms with Crippen LogP contribution in [0.4, 0.5) is 24.0 Å². The van der Waals surface area contributed by atoms with E-state index >= 15 is 0 Å². The van der Waals surface area contributed by atoms with Crippen LogP contribution in [0.25, 0.3) is 0 Å². The first-order valence-electron chi connectivity index (χ1n) is 7.80. The van der Waals surface area contributed by atoms with E-state index in [1.165, 1.54) is 13.1 Å². The smallest absolute Gasteiger partial charge is 0.266 e. The van der Waals surface area contributed by atoms with Crippen LogP contribution in [0.5, 0.6) is 0 Å². The lowest BCUT2D eigenvalue weighted by Gasteiger charge is -2.18. The summed E-state index contributed by atoms with van der Waals surface area (Å²) in [6.07, 6.45) is 1.39. The summed E-state index contributed by atoms with van der Waals surface area (Å²) in [5.74, 6) is -2.34. The van der Waals surface area contributed by atoms with E-state index in [0.29, 0.717) is 0 Å². The number of sulfonamides is 1. The molecule has 3 rings (SSSR count). The lowest BCUT2D eigenvalue weighted by Crippen LogP contribution is -2.15. The Morgan fingerprint density at radius 1 is 1.14 bits per heavy atom. The minimum Gasteiger partial charge on any atom is -0.377 e. The van der Waals surface area contributed by atoms with Gasteiger partial charge in [-0.2, -0.15) is 0 Å². The Morgan fingerprint density at radius 2 is 1.89 bits per heavy atom. The third kappa shape index (κ3) is 4.40. The maximum atomic E-state index is 14.5. The van der Waals surface area contributed by atoms with E-state index in [2.05, 4.69) is 15.0 Å². The highest BCUT2D eigenvalue weighted by Gasteiger charge is 2.23. The van der Waals surface area contributed by atoms with Gasteiger partial charge in [0.25, 0.3) is 10.0 Å². The van der Waals surface area contributed by atoms with Gasteiger partial charge in [0, 0.05) is 17.1 Å². The predicted molar refractivity (Wildman–Crippen MR) is 103 cm³/mol. The van der Waals surface area contributed by atoms with Crippen molar-refractivity contribution in [1.82, 2.24) is 4.98 Å². The number of halogens is 4. The molecular weight excluding hydrogens is 435 g/mol. The lowest BCUT2D eigenvalue weighted by atomic mass is 10.1. The van der Waals surface area contributed by atoms with Crippen molar-refractivity contribution >= 4 is 43.8 Å². The summed E-state index contributed by atoms with van der Waals surface area (Å²) in [5, 5.41) is 4.28. The number of aromatic nitrogens is 1. The zero-order valence-corrected chi connectivity index (χ0v) is 16.6. The number of hydrogen-bond donors (Lipinski definition) is 2. The molecule has 1 unspecified atom stereocenters. The fourth-order valence-electron chi connectivity index (χ4n) is 2.45. The first kappa shape index (κ1) is 20.4. The highest BCUT2D eigenvalue weighted by Crippen LogP contribution is 2.32. The van der Waals surface area contributed by atoms with Gasteiger partial charge < -0.3 is 5.32 Å². The highest BCUT2D eigenvalue weighted by molar-refractivity contribution is 7.93.